The number of Topliss-reactive ketones (excluding diaryl/α,β-unsaturated/α-hetero) is 1. The van der Waals surface area contributed by atoms with Gasteiger partial charge in [-0.15, -0.1) is 0 Å². The Bertz CT molecular complexity index is 1180. The van der Waals surface area contributed by atoms with Crippen LogP contribution in [0.1, 0.15) is 35.2 Å². The van der Waals surface area contributed by atoms with Crippen LogP contribution in [0.4, 0.5) is 5.69 Å². The number of methoxy groups -OCH3 is 1. The average Bonchev–Trinajstić information content (AvgIpc) is 3.39. The van der Waals surface area contributed by atoms with Gasteiger partial charge in [0.2, 0.25) is 5.91 Å². The molecule has 1 amide bonds. The highest BCUT2D eigenvalue weighted by Gasteiger charge is 2.39. The molecule has 5 rings (SSSR count). The van der Waals surface area contributed by atoms with Crippen molar-refractivity contribution in [1.82, 2.24) is 9.80 Å². The quantitative estimate of drug-likeness (QED) is 0.621. The minimum absolute atomic E-state index is 0.00330. The molecule has 1 atom stereocenters. The summed E-state index contributed by atoms with van der Waals surface area (Å²) in [5.74, 6) is 1.04. The van der Waals surface area contributed by atoms with Crippen LogP contribution in [0.15, 0.2) is 58.3 Å². The van der Waals surface area contributed by atoms with E-state index in [0.717, 1.165) is 55.1 Å². The third-order valence-electron chi connectivity index (χ3n) is 7.24. The normalized spacial score (nSPS) is 20.9. The minimum atomic E-state index is -0.130. The lowest BCUT2D eigenvalue weighted by molar-refractivity contribution is -0.131. The Labute approximate surface area is 199 Å². The zero-order valence-corrected chi connectivity index (χ0v) is 19.4. The lowest BCUT2D eigenvalue weighted by atomic mass is 9.88. The van der Waals surface area contributed by atoms with Gasteiger partial charge in [0.05, 0.1) is 25.4 Å². The standard InChI is InChI=1S/C27H29N3O4/c1-34-21-8-6-18(7-9-21)26(32)19-10-13-29(14-11-19)24-12-15-30(27(24)33)17-20-16-22-23(28-20)4-2-3-5-25(22)31/h2-9,19,24H,10-17H2,1H3/t24-/m1/s1. The molecule has 176 valence electrons. The summed E-state index contributed by atoms with van der Waals surface area (Å²) in [6.45, 7) is 2.67. The number of piperidine rings is 1. The molecule has 0 radical (unpaired) electrons. The molecule has 3 aliphatic rings. The Morgan fingerprint density at radius 1 is 1.00 bits per heavy atom. The van der Waals surface area contributed by atoms with Crippen LogP contribution in [0.25, 0.3) is 0 Å². The van der Waals surface area contributed by atoms with E-state index in [2.05, 4.69) is 9.89 Å². The van der Waals surface area contributed by atoms with Gasteiger partial charge in [-0.25, -0.2) is 0 Å². The van der Waals surface area contributed by atoms with Gasteiger partial charge in [-0.2, -0.15) is 0 Å². The van der Waals surface area contributed by atoms with Crippen LogP contribution in [-0.4, -0.2) is 66.5 Å². The number of ether oxygens (including phenoxy) is 1. The lowest BCUT2D eigenvalue weighted by Gasteiger charge is -2.34. The summed E-state index contributed by atoms with van der Waals surface area (Å²) in [5, 5.41) is 0. The molecule has 7 nitrogen and oxygen atoms in total. The predicted octanol–water partition coefficient (Wildman–Crippen LogP) is 2.88. The second-order valence-corrected chi connectivity index (χ2v) is 9.27. The molecule has 2 saturated heterocycles. The van der Waals surface area contributed by atoms with Gasteiger partial charge in [-0.05, 0) is 68.8 Å². The fourth-order valence-electron chi connectivity index (χ4n) is 5.31. The van der Waals surface area contributed by atoms with Crippen LogP contribution in [-0.2, 0) is 11.2 Å². The van der Waals surface area contributed by atoms with E-state index >= 15 is 0 Å². The zero-order chi connectivity index (χ0) is 23.7. The SMILES string of the molecule is COc1ccc(C(=O)C2CCN([C@@H]3CCN(CC4=Nc5ccccc(=O)c5C4)C3=O)CC2)cc1. The Balaban J connectivity index is 1.16. The molecule has 3 heterocycles. The van der Waals surface area contributed by atoms with Gasteiger partial charge in [0, 0.05) is 35.7 Å². The number of hydrogen-bond donors (Lipinski definition) is 0. The molecule has 2 aromatic rings. The van der Waals surface area contributed by atoms with E-state index < -0.39 is 0 Å². The third-order valence-corrected chi connectivity index (χ3v) is 7.24. The van der Waals surface area contributed by atoms with E-state index in [1.165, 1.54) is 0 Å². The number of aliphatic imine (C=N–C) groups is 1. The van der Waals surface area contributed by atoms with Crippen LogP contribution >= 0.6 is 0 Å². The predicted molar refractivity (Wildman–Crippen MR) is 130 cm³/mol. The summed E-state index contributed by atoms with van der Waals surface area (Å²) in [5.41, 5.74) is 3.02. The first-order chi connectivity index (χ1) is 16.5. The maximum absolute atomic E-state index is 13.2. The topological polar surface area (TPSA) is 79.3 Å². The van der Waals surface area contributed by atoms with Gasteiger partial charge >= 0.3 is 0 Å². The molecule has 7 heteroatoms. The first-order valence-electron chi connectivity index (χ1n) is 11.9. The van der Waals surface area contributed by atoms with E-state index in [-0.39, 0.29) is 29.1 Å². The minimum Gasteiger partial charge on any atom is -0.497 e. The number of likely N-dealkylation sites (tertiary alicyclic amines) is 2. The van der Waals surface area contributed by atoms with Gasteiger partial charge in [-0.3, -0.25) is 24.3 Å². The second kappa shape index (κ2) is 9.50. The zero-order valence-electron chi connectivity index (χ0n) is 19.4. The molecule has 2 aromatic carbocycles. The first-order valence-corrected chi connectivity index (χ1v) is 11.9. The summed E-state index contributed by atoms with van der Waals surface area (Å²) < 4.78 is 5.18. The molecule has 0 unspecified atom stereocenters. The maximum Gasteiger partial charge on any atom is 0.240 e. The van der Waals surface area contributed by atoms with Crippen LogP contribution in [0.3, 0.4) is 0 Å². The van der Waals surface area contributed by atoms with Crippen molar-refractivity contribution in [2.75, 3.05) is 33.3 Å². The van der Waals surface area contributed by atoms with Gasteiger partial charge in [-0.1, -0.05) is 12.1 Å². The number of carbonyl (C=O) groups is 2. The highest BCUT2D eigenvalue weighted by atomic mass is 16.5. The van der Waals surface area contributed by atoms with Crippen molar-refractivity contribution in [3.05, 3.63) is 69.9 Å². The summed E-state index contributed by atoms with van der Waals surface area (Å²) >= 11 is 0. The van der Waals surface area contributed by atoms with Crippen molar-refractivity contribution in [3.63, 3.8) is 0 Å². The van der Waals surface area contributed by atoms with Crippen molar-refractivity contribution in [2.45, 2.75) is 31.7 Å². The summed E-state index contributed by atoms with van der Waals surface area (Å²) in [6, 6.07) is 14.1. The summed E-state index contributed by atoms with van der Waals surface area (Å²) in [4.78, 5) is 47.0. The van der Waals surface area contributed by atoms with E-state index in [1.54, 1.807) is 19.2 Å². The molecule has 0 spiro atoms. The molecule has 3 aliphatic heterocycles. The van der Waals surface area contributed by atoms with Gasteiger partial charge in [0.25, 0.3) is 0 Å². The largest absolute Gasteiger partial charge is 0.497 e. The number of amides is 1. The van der Waals surface area contributed by atoms with Gasteiger partial charge in [0.1, 0.15) is 5.75 Å². The molecular formula is C27H29N3O4. The molecule has 0 bridgehead atoms. The smallest absolute Gasteiger partial charge is 0.240 e. The Kier molecular flexibility index (Phi) is 6.28. The summed E-state index contributed by atoms with van der Waals surface area (Å²) in [7, 11) is 1.61. The third kappa shape index (κ3) is 4.40. The Morgan fingerprint density at radius 2 is 1.74 bits per heavy atom. The monoisotopic (exact) mass is 459 g/mol. The molecule has 0 aromatic heterocycles. The number of benzene rings is 1. The molecule has 0 N–H and O–H groups in total. The van der Waals surface area contributed by atoms with E-state index in [4.69, 9.17) is 4.74 Å². The first kappa shape index (κ1) is 22.5. The highest BCUT2D eigenvalue weighted by Crippen LogP contribution is 2.28. The highest BCUT2D eigenvalue weighted by molar-refractivity contribution is 5.99. The fraction of sp³-hybridized carbons (Fsp3) is 0.407. The van der Waals surface area contributed by atoms with Crippen molar-refractivity contribution in [1.29, 1.82) is 0 Å². The molecule has 0 aliphatic carbocycles. The maximum atomic E-state index is 13.2. The van der Waals surface area contributed by atoms with Crippen molar-refractivity contribution >= 4 is 23.1 Å². The average molecular weight is 460 g/mol. The molecule has 2 fully saturated rings. The van der Waals surface area contributed by atoms with Crippen LogP contribution < -0.4 is 10.2 Å². The second-order valence-electron chi connectivity index (χ2n) is 9.27. The van der Waals surface area contributed by atoms with E-state index in [0.29, 0.717) is 25.1 Å². The summed E-state index contributed by atoms with van der Waals surface area (Å²) in [6.07, 6.45) is 2.83. The molecule has 0 saturated carbocycles. The van der Waals surface area contributed by atoms with Crippen LogP contribution in [0.2, 0.25) is 0 Å². The molecule has 34 heavy (non-hydrogen) atoms. The van der Waals surface area contributed by atoms with Gasteiger partial charge < -0.3 is 9.64 Å². The van der Waals surface area contributed by atoms with Crippen molar-refractivity contribution in [2.24, 2.45) is 10.9 Å². The van der Waals surface area contributed by atoms with Crippen molar-refractivity contribution < 1.29 is 14.3 Å². The lowest BCUT2D eigenvalue weighted by Crippen LogP contribution is -2.47. The molecular weight excluding hydrogens is 430 g/mol. The van der Waals surface area contributed by atoms with Gasteiger partial charge in [0.15, 0.2) is 11.2 Å². The van der Waals surface area contributed by atoms with Crippen LogP contribution in [0, 0.1) is 5.92 Å². The number of fused-ring (bicyclic) bond motifs is 1. The fourth-order valence-corrected chi connectivity index (χ4v) is 5.31. The van der Waals surface area contributed by atoms with E-state index in [1.807, 2.05) is 41.3 Å². The number of hydrogen-bond acceptors (Lipinski definition) is 6. The Hall–Kier alpha value is -3.32. The Morgan fingerprint density at radius 3 is 2.47 bits per heavy atom. The number of rotatable bonds is 6. The van der Waals surface area contributed by atoms with Crippen molar-refractivity contribution in [3.8, 4) is 5.75 Å². The van der Waals surface area contributed by atoms with E-state index in [9.17, 15) is 14.4 Å². The number of ketones is 1. The van der Waals surface area contributed by atoms with Crippen LogP contribution in [0.5, 0.6) is 5.75 Å². The number of carbonyl (C=O) groups excluding carboxylic acids is 2. The number of nitrogens with zero attached hydrogens (tertiary/aromatic N) is 3.